The Bertz CT molecular complexity index is 2290. The molecule has 10 heteroatoms. The van der Waals surface area contributed by atoms with Crippen LogP contribution < -0.4 is 5.35 Å². The number of nitrogens with zero attached hydrogens (tertiary/aromatic N) is 2. The molecular weight excluding hydrogens is 714 g/mol. The van der Waals surface area contributed by atoms with Crippen LogP contribution in [0.2, 0.25) is 10.0 Å². The lowest BCUT2D eigenvalue weighted by atomic mass is 9.86. The number of hydrogen-bond acceptors (Lipinski definition) is 0. The SMILES string of the molecule is CCCCn1/c(=C/C=C2/CC(C)CC(/C=C/C3=[N+](CCCC)c4ccc(Cl)c5cccc3c45)=C2Cl)c2cccc3c(Cl)ccc1c32.F[B-](F)(F)F. The number of hydrogen-bond donors (Lipinski definition) is 0. The van der Waals surface area contributed by atoms with Gasteiger partial charge in [-0.05, 0) is 66.7 Å². The van der Waals surface area contributed by atoms with E-state index in [-0.39, 0.29) is 0 Å². The predicted octanol–water partition coefficient (Wildman–Crippen LogP) is 13.2. The lowest BCUT2D eigenvalue weighted by molar-refractivity contribution is -0.436. The van der Waals surface area contributed by atoms with Crippen molar-refractivity contribution in [3.05, 3.63) is 116 Å². The van der Waals surface area contributed by atoms with Gasteiger partial charge in [-0.15, -0.1) is 0 Å². The third kappa shape index (κ3) is 7.82. The Morgan fingerprint density at radius 1 is 0.784 bits per heavy atom. The smallest absolute Gasteiger partial charge is 0.418 e. The molecule has 0 bridgehead atoms. The second-order valence-corrected chi connectivity index (χ2v) is 14.6. The van der Waals surface area contributed by atoms with Crippen molar-refractivity contribution in [3.63, 3.8) is 0 Å². The molecule has 266 valence electrons. The Kier molecular flexibility index (Phi) is 11.4. The quantitative estimate of drug-likeness (QED) is 0.0805. The first-order valence-corrected chi connectivity index (χ1v) is 18.7. The van der Waals surface area contributed by atoms with Crippen molar-refractivity contribution in [3.8, 4) is 0 Å². The minimum absolute atomic E-state index is 0.496. The molecule has 4 aromatic carbocycles. The first-order valence-electron chi connectivity index (χ1n) is 17.6. The van der Waals surface area contributed by atoms with Gasteiger partial charge in [0.15, 0.2) is 0 Å². The summed E-state index contributed by atoms with van der Waals surface area (Å²) in [4.78, 5) is 0. The van der Waals surface area contributed by atoms with Crippen molar-refractivity contribution in [2.75, 3.05) is 6.54 Å². The van der Waals surface area contributed by atoms with Crippen LogP contribution in [0.1, 0.15) is 64.9 Å². The van der Waals surface area contributed by atoms with E-state index in [1.807, 2.05) is 12.1 Å². The zero-order valence-electron chi connectivity index (χ0n) is 28.9. The van der Waals surface area contributed by atoms with E-state index in [0.717, 1.165) is 77.5 Å². The van der Waals surface area contributed by atoms with E-state index in [2.05, 4.69) is 103 Å². The number of aryl methyl sites for hydroxylation is 1. The van der Waals surface area contributed by atoms with Gasteiger partial charge in [-0.2, -0.15) is 4.58 Å². The summed E-state index contributed by atoms with van der Waals surface area (Å²) < 4.78 is 43.9. The molecule has 0 spiro atoms. The number of unbranched alkanes of at least 4 members (excludes halogenated alkanes) is 2. The van der Waals surface area contributed by atoms with Gasteiger partial charge in [0.05, 0.1) is 10.9 Å². The first-order chi connectivity index (χ1) is 24.4. The highest BCUT2D eigenvalue weighted by Gasteiger charge is 2.31. The topological polar surface area (TPSA) is 7.94 Å². The van der Waals surface area contributed by atoms with Gasteiger partial charge in [0.1, 0.15) is 6.54 Å². The fourth-order valence-electron chi connectivity index (χ4n) is 7.46. The molecule has 1 unspecified atom stereocenters. The Morgan fingerprint density at radius 3 is 2.14 bits per heavy atom. The maximum absolute atomic E-state index is 9.75. The fourth-order valence-corrected chi connectivity index (χ4v) is 8.18. The number of benzene rings is 4. The molecule has 2 nitrogen and oxygen atoms in total. The standard InChI is InChI=1S/C41H40Cl3N2.BF4/c1-4-6-22-45-35(31-12-8-10-29-33(42)16-20-37(45)39(29)31)18-14-27-24-26(3)25-28(41(27)44)15-19-36-32-13-9-11-30-34(43)17-21-38(40(30)32)46(36)23-7-5-2;2-1(3,4)5/h8-21,26H,4-7,22-25H2,1-3H3;/q+1;-1. The molecule has 0 saturated heterocycles. The molecule has 2 heterocycles. The average Bonchev–Trinajstić information content (AvgIpc) is 3.57. The van der Waals surface area contributed by atoms with E-state index >= 15 is 0 Å². The summed E-state index contributed by atoms with van der Waals surface area (Å²) in [5.74, 6) is 0.496. The van der Waals surface area contributed by atoms with E-state index in [4.69, 9.17) is 34.8 Å². The highest BCUT2D eigenvalue weighted by Crippen LogP contribution is 2.41. The zero-order chi connectivity index (χ0) is 36.4. The number of rotatable bonds is 9. The van der Waals surface area contributed by atoms with Crippen molar-refractivity contribution in [1.82, 2.24) is 4.57 Å². The van der Waals surface area contributed by atoms with E-state index in [1.165, 1.54) is 55.1 Å². The molecule has 0 saturated carbocycles. The van der Waals surface area contributed by atoms with Crippen molar-refractivity contribution in [2.45, 2.75) is 65.8 Å². The number of allylic oxidation sites excluding steroid dienone is 6. The van der Waals surface area contributed by atoms with Gasteiger partial charge < -0.3 is 21.8 Å². The van der Waals surface area contributed by atoms with Crippen LogP contribution in [-0.2, 0) is 6.54 Å². The average molecular weight is 754 g/mol. The van der Waals surface area contributed by atoms with Crippen LogP contribution in [0.3, 0.4) is 0 Å². The third-order valence-corrected chi connectivity index (χ3v) is 10.8. The lowest BCUT2D eigenvalue weighted by Gasteiger charge is -2.22. The van der Waals surface area contributed by atoms with E-state index in [0.29, 0.717) is 5.92 Å². The monoisotopic (exact) mass is 752 g/mol. The molecule has 5 aromatic rings. The molecule has 1 aliphatic carbocycles. The molecule has 51 heavy (non-hydrogen) atoms. The van der Waals surface area contributed by atoms with Gasteiger partial charge in [0, 0.05) is 72.6 Å². The van der Waals surface area contributed by atoms with E-state index in [9.17, 15) is 17.3 Å². The normalized spacial score (nSPS) is 17.6. The highest BCUT2D eigenvalue weighted by molar-refractivity contribution is 6.50. The minimum atomic E-state index is -6.00. The van der Waals surface area contributed by atoms with Gasteiger partial charge >= 0.3 is 7.25 Å². The molecule has 1 aliphatic heterocycles. The van der Waals surface area contributed by atoms with Gasteiger partial charge in [-0.25, -0.2) is 0 Å². The minimum Gasteiger partial charge on any atom is -0.418 e. The maximum Gasteiger partial charge on any atom is 0.673 e. The van der Waals surface area contributed by atoms with Gasteiger partial charge in [0.2, 0.25) is 11.4 Å². The molecule has 1 atom stereocenters. The summed E-state index contributed by atoms with van der Waals surface area (Å²) in [6.07, 6.45) is 15.5. The number of halogens is 7. The van der Waals surface area contributed by atoms with Crippen molar-refractivity contribution in [2.24, 2.45) is 5.92 Å². The van der Waals surface area contributed by atoms with Crippen LogP contribution in [0, 0.1) is 5.92 Å². The molecule has 0 N–H and O–H groups in total. The highest BCUT2D eigenvalue weighted by atomic mass is 35.5. The first kappa shape index (κ1) is 37.2. The van der Waals surface area contributed by atoms with Gasteiger partial charge in [-0.3, -0.25) is 0 Å². The van der Waals surface area contributed by atoms with Gasteiger partial charge in [-0.1, -0.05) is 111 Å². The third-order valence-electron chi connectivity index (χ3n) is 9.70. The molecular formula is C41H40BCl3F4N2. The predicted molar refractivity (Wildman–Crippen MR) is 210 cm³/mol. The van der Waals surface area contributed by atoms with E-state index in [1.54, 1.807) is 0 Å². The van der Waals surface area contributed by atoms with Crippen LogP contribution in [0.5, 0.6) is 0 Å². The van der Waals surface area contributed by atoms with E-state index < -0.39 is 7.25 Å². The zero-order valence-corrected chi connectivity index (χ0v) is 31.2. The Labute approximate surface area is 311 Å². The second kappa shape index (κ2) is 15.6. The summed E-state index contributed by atoms with van der Waals surface area (Å²) in [5, 5.41) is 9.66. The van der Waals surface area contributed by atoms with Crippen LogP contribution in [0.25, 0.3) is 38.5 Å². The van der Waals surface area contributed by atoms with Gasteiger partial charge in [0.25, 0.3) is 0 Å². The fraction of sp³-hybridized carbons (Fsp3) is 0.293. The molecule has 7 rings (SSSR count). The second-order valence-electron chi connectivity index (χ2n) is 13.4. The van der Waals surface area contributed by atoms with Crippen molar-refractivity contribution >= 4 is 92.0 Å². The number of aromatic nitrogens is 1. The van der Waals surface area contributed by atoms with Crippen molar-refractivity contribution in [1.29, 1.82) is 0 Å². The van der Waals surface area contributed by atoms with Crippen LogP contribution in [0.4, 0.5) is 23.0 Å². The Hall–Kier alpha value is -3.52. The summed E-state index contributed by atoms with van der Waals surface area (Å²) in [5.41, 5.74) is 7.34. The Balaban J connectivity index is 0.000000839. The molecule has 1 aromatic heterocycles. The largest absolute Gasteiger partial charge is 0.673 e. The molecule has 2 aliphatic rings. The summed E-state index contributed by atoms with van der Waals surface area (Å²) in [7, 11) is -6.00. The van der Waals surface area contributed by atoms with Crippen LogP contribution in [0.15, 0.2) is 95.1 Å². The van der Waals surface area contributed by atoms with Crippen molar-refractivity contribution < 1.29 is 21.8 Å². The summed E-state index contributed by atoms with van der Waals surface area (Å²) in [6, 6.07) is 21.4. The molecule has 0 fully saturated rings. The van der Waals surface area contributed by atoms with Crippen LogP contribution in [-0.4, -0.2) is 28.7 Å². The molecule has 0 amide bonds. The summed E-state index contributed by atoms with van der Waals surface area (Å²) >= 11 is 20.6. The lowest BCUT2D eigenvalue weighted by Crippen LogP contribution is -2.16. The molecule has 0 radical (unpaired) electrons. The Morgan fingerprint density at radius 2 is 1.43 bits per heavy atom. The summed E-state index contributed by atoms with van der Waals surface area (Å²) in [6.45, 7) is 8.76. The van der Waals surface area contributed by atoms with Crippen LogP contribution >= 0.6 is 34.8 Å². The maximum atomic E-state index is 9.75.